The maximum absolute atomic E-state index is 13.3. The molecule has 4 rings (SSSR count). The van der Waals surface area contributed by atoms with E-state index in [1.54, 1.807) is 35.1 Å². The number of fused-ring (bicyclic) bond motifs is 1. The normalized spacial score (nSPS) is 12.9. The lowest BCUT2D eigenvalue weighted by atomic mass is 10.0. The minimum atomic E-state index is -1.34. The Balaban J connectivity index is 1.68. The number of rotatable bonds is 7. The monoisotopic (exact) mass is 466 g/mol. The average Bonchev–Trinajstić information content (AvgIpc) is 3.23. The van der Waals surface area contributed by atoms with Crippen molar-refractivity contribution in [3.8, 4) is 5.69 Å². The van der Waals surface area contributed by atoms with Crippen LogP contribution < -0.4 is 11.1 Å². The summed E-state index contributed by atoms with van der Waals surface area (Å²) in [4.78, 5) is 33.0. The van der Waals surface area contributed by atoms with Gasteiger partial charge in [0.1, 0.15) is 10.8 Å². The predicted octanol–water partition coefficient (Wildman–Crippen LogP) is 2.04. The second-order valence-corrected chi connectivity index (χ2v) is 8.56. The van der Waals surface area contributed by atoms with Gasteiger partial charge in [-0.1, -0.05) is 0 Å². The fraction of sp³-hybridized carbons (Fsp3) is 0.136. The molecule has 0 aliphatic rings. The van der Waals surface area contributed by atoms with Crippen molar-refractivity contribution in [2.24, 2.45) is 5.73 Å². The Hall–Kier alpha value is -3.99. The number of carbonyl (C=O) groups excluding carboxylic acids is 2. The molecule has 0 spiro atoms. The second kappa shape index (κ2) is 9.25. The fourth-order valence-electron chi connectivity index (χ4n) is 3.40. The molecule has 9 nitrogen and oxygen atoms in total. The van der Waals surface area contributed by atoms with Crippen molar-refractivity contribution in [3.05, 3.63) is 78.1 Å². The molecule has 0 fully saturated rings. The molecule has 11 heteroatoms. The number of hydrogen-bond acceptors (Lipinski definition) is 6. The van der Waals surface area contributed by atoms with Crippen LogP contribution in [0, 0.1) is 5.82 Å². The molecular weight excluding hydrogens is 447 g/mol. The zero-order valence-corrected chi connectivity index (χ0v) is 18.3. The van der Waals surface area contributed by atoms with Crippen molar-refractivity contribution in [2.45, 2.75) is 17.5 Å². The number of pyridine rings is 2. The molecule has 2 unspecified atom stereocenters. The number of primary amides is 1. The van der Waals surface area contributed by atoms with Crippen LogP contribution in [0.5, 0.6) is 0 Å². The van der Waals surface area contributed by atoms with Gasteiger partial charge in [-0.05, 0) is 42.0 Å². The van der Waals surface area contributed by atoms with Crippen molar-refractivity contribution in [2.75, 3.05) is 6.26 Å². The number of carbonyl (C=O) groups is 2. The van der Waals surface area contributed by atoms with Crippen LogP contribution in [0.2, 0.25) is 0 Å². The summed E-state index contributed by atoms with van der Waals surface area (Å²) in [6.07, 6.45) is 7.25. The molecule has 3 N–H and O–H groups in total. The van der Waals surface area contributed by atoms with Gasteiger partial charge < -0.3 is 11.1 Å². The smallest absolute Gasteiger partial charge is 0.254 e. The Morgan fingerprint density at radius 3 is 2.64 bits per heavy atom. The van der Waals surface area contributed by atoms with Gasteiger partial charge in [-0.3, -0.25) is 18.8 Å². The molecule has 0 saturated carbocycles. The molecule has 3 aromatic heterocycles. The third-order valence-corrected chi connectivity index (χ3v) is 5.79. The third kappa shape index (κ3) is 4.77. The van der Waals surface area contributed by atoms with Crippen LogP contribution in [0.15, 0.2) is 66.2 Å². The van der Waals surface area contributed by atoms with E-state index in [1.165, 1.54) is 37.0 Å². The van der Waals surface area contributed by atoms with Crippen LogP contribution in [-0.4, -0.2) is 42.0 Å². The Kier molecular flexibility index (Phi) is 6.22. The Bertz CT molecular complexity index is 1370. The van der Waals surface area contributed by atoms with Crippen LogP contribution in [-0.2, 0) is 15.6 Å². The van der Waals surface area contributed by atoms with Gasteiger partial charge in [-0.15, -0.1) is 0 Å². The Morgan fingerprint density at radius 1 is 1.18 bits per heavy atom. The van der Waals surface area contributed by atoms with Gasteiger partial charge >= 0.3 is 0 Å². The van der Waals surface area contributed by atoms with Crippen LogP contribution in [0.25, 0.3) is 16.6 Å². The van der Waals surface area contributed by atoms with E-state index in [9.17, 15) is 18.2 Å². The Morgan fingerprint density at radius 2 is 1.94 bits per heavy atom. The topological polar surface area (TPSA) is 133 Å². The maximum Gasteiger partial charge on any atom is 0.254 e. The van der Waals surface area contributed by atoms with E-state index in [-0.39, 0.29) is 17.8 Å². The summed E-state index contributed by atoms with van der Waals surface area (Å²) in [5.41, 5.74) is 7.33. The summed E-state index contributed by atoms with van der Waals surface area (Å²) in [5.74, 6) is -1.48. The van der Waals surface area contributed by atoms with Crippen molar-refractivity contribution in [3.63, 3.8) is 0 Å². The molecule has 2 atom stereocenters. The highest BCUT2D eigenvalue weighted by Gasteiger charge is 2.22. The zero-order chi connectivity index (χ0) is 23.5. The van der Waals surface area contributed by atoms with E-state index >= 15 is 0 Å². The molecule has 0 aliphatic carbocycles. The van der Waals surface area contributed by atoms with Gasteiger partial charge in [0.05, 0.1) is 52.4 Å². The highest BCUT2D eigenvalue weighted by atomic mass is 32.2. The standard InChI is InChI=1S/C22H19FN6O3S/c1-33(32)21-8-13(6-7-26-21)18(9-20(24)30)28-22(31)17-10-25-12-19-16(17)11-27-29(19)15-4-2-14(23)3-5-15/h2-8,10-12,18H,9H2,1H3,(H2,24,30)(H,28,31). The van der Waals surface area contributed by atoms with E-state index in [2.05, 4.69) is 20.4 Å². The highest BCUT2D eigenvalue weighted by molar-refractivity contribution is 7.84. The summed E-state index contributed by atoms with van der Waals surface area (Å²) in [5, 5.41) is 7.96. The molecule has 3 heterocycles. The molecule has 33 heavy (non-hydrogen) atoms. The number of benzene rings is 1. The molecule has 0 bridgehead atoms. The molecule has 1 aromatic carbocycles. The summed E-state index contributed by atoms with van der Waals surface area (Å²) in [6.45, 7) is 0. The van der Waals surface area contributed by atoms with Crippen LogP contribution in [0.4, 0.5) is 4.39 Å². The molecular formula is C22H19FN6O3S. The number of nitrogens with zero attached hydrogens (tertiary/aromatic N) is 4. The lowest BCUT2D eigenvalue weighted by molar-refractivity contribution is -0.118. The molecule has 0 radical (unpaired) electrons. The first kappa shape index (κ1) is 22.2. The number of halogens is 1. The van der Waals surface area contributed by atoms with E-state index in [4.69, 9.17) is 5.73 Å². The molecule has 168 valence electrons. The number of nitrogens with two attached hydrogens (primary N) is 1. The lowest BCUT2D eigenvalue weighted by Gasteiger charge is -2.18. The zero-order valence-electron chi connectivity index (χ0n) is 17.4. The summed E-state index contributed by atoms with van der Waals surface area (Å²) < 4.78 is 26.6. The van der Waals surface area contributed by atoms with E-state index in [0.29, 0.717) is 27.2 Å². The minimum Gasteiger partial charge on any atom is -0.370 e. The van der Waals surface area contributed by atoms with Crippen molar-refractivity contribution >= 4 is 33.5 Å². The molecule has 0 aliphatic heterocycles. The van der Waals surface area contributed by atoms with Crippen LogP contribution in [0.1, 0.15) is 28.4 Å². The van der Waals surface area contributed by atoms with Crippen molar-refractivity contribution < 1.29 is 18.2 Å². The number of hydrogen-bond donors (Lipinski definition) is 2. The van der Waals surface area contributed by atoms with E-state index < -0.39 is 28.7 Å². The maximum atomic E-state index is 13.3. The van der Waals surface area contributed by atoms with Crippen molar-refractivity contribution in [1.82, 2.24) is 25.1 Å². The molecule has 2 amide bonds. The Labute approximate surface area is 190 Å². The van der Waals surface area contributed by atoms with Crippen LogP contribution >= 0.6 is 0 Å². The SMILES string of the molecule is CS(=O)c1cc(C(CC(N)=O)NC(=O)c2cncc3c2cnn3-c2ccc(F)cc2)ccn1. The first-order chi connectivity index (χ1) is 15.8. The first-order valence-corrected chi connectivity index (χ1v) is 11.4. The fourth-order valence-corrected chi connectivity index (χ4v) is 3.91. The van der Waals surface area contributed by atoms with Gasteiger partial charge in [0.15, 0.2) is 0 Å². The summed E-state index contributed by atoms with van der Waals surface area (Å²) in [7, 11) is -1.34. The summed E-state index contributed by atoms with van der Waals surface area (Å²) >= 11 is 0. The quantitative estimate of drug-likeness (QED) is 0.428. The second-order valence-electron chi connectivity index (χ2n) is 7.23. The molecule has 0 saturated heterocycles. The highest BCUT2D eigenvalue weighted by Crippen LogP contribution is 2.23. The van der Waals surface area contributed by atoms with Gasteiger partial charge in [-0.25, -0.2) is 14.1 Å². The lowest BCUT2D eigenvalue weighted by Crippen LogP contribution is -2.32. The summed E-state index contributed by atoms with van der Waals surface area (Å²) in [6, 6.07) is 8.18. The van der Waals surface area contributed by atoms with E-state index in [0.717, 1.165) is 0 Å². The average molecular weight is 466 g/mol. The number of amides is 2. The largest absolute Gasteiger partial charge is 0.370 e. The van der Waals surface area contributed by atoms with Crippen molar-refractivity contribution in [1.29, 1.82) is 0 Å². The van der Waals surface area contributed by atoms with Gasteiger partial charge in [0.25, 0.3) is 5.91 Å². The van der Waals surface area contributed by atoms with Gasteiger partial charge in [-0.2, -0.15) is 5.10 Å². The van der Waals surface area contributed by atoms with Crippen LogP contribution in [0.3, 0.4) is 0 Å². The predicted molar refractivity (Wildman–Crippen MR) is 119 cm³/mol. The van der Waals surface area contributed by atoms with Gasteiger partial charge in [0, 0.05) is 24.0 Å². The first-order valence-electron chi connectivity index (χ1n) is 9.79. The number of nitrogens with one attached hydrogen (secondary N) is 1. The minimum absolute atomic E-state index is 0.163. The number of aromatic nitrogens is 4. The van der Waals surface area contributed by atoms with E-state index in [1.807, 2.05) is 0 Å². The van der Waals surface area contributed by atoms with Gasteiger partial charge in [0.2, 0.25) is 5.91 Å². The molecule has 4 aromatic rings. The third-order valence-electron chi connectivity index (χ3n) is 4.98.